The average Bonchev–Trinajstić information content (AvgIpc) is 2.74. The lowest BCUT2D eigenvalue weighted by atomic mass is 10.2. The van der Waals surface area contributed by atoms with Crippen LogP contribution in [-0.4, -0.2) is 24.5 Å². The summed E-state index contributed by atoms with van der Waals surface area (Å²) in [5.74, 6) is 1.01. The number of benzene rings is 2. The van der Waals surface area contributed by atoms with Crippen LogP contribution in [-0.2, 0) is 0 Å². The number of thioether (sulfide) groups is 1. The van der Waals surface area contributed by atoms with E-state index >= 15 is 0 Å². The van der Waals surface area contributed by atoms with E-state index in [1.807, 2.05) is 69.3 Å². The number of hydrogen-bond donors (Lipinski definition) is 2. The van der Waals surface area contributed by atoms with Gasteiger partial charge in [-0.2, -0.15) is 15.0 Å². The van der Waals surface area contributed by atoms with E-state index in [4.69, 9.17) is 10.7 Å². The van der Waals surface area contributed by atoms with Gasteiger partial charge in [-0.15, -0.1) is 0 Å². The monoisotopic (exact) mass is 433 g/mol. The number of nitrogens with one attached hydrogen (secondary N) is 1. The Morgan fingerprint density at radius 1 is 0.935 bits per heavy atom. The fourth-order valence-electron chi connectivity index (χ4n) is 3.17. The first-order valence-corrected chi connectivity index (χ1v) is 10.8. The summed E-state index contributed by atoms with van der Waals surface area (Å²) in [6.07, 6.45) is 0. The number of rotatable bonds is 6. The second-order valence-electron chi connectivity index (χ2n) is 7.31. The van der Waals surface area contributed by atoms with E-state index in [1.54, 1.807) is 10.6 Å². The van der Waals surface area contributed by atoms with Crippen molar-refractivity contribution in [3.05, 3.63) is 70.8 Å². The predicted octanol–water partition coefficient (Wildman–Crippen LogP) is 4.34. The van der Waals surface area contributed by atoms with E-state index in [0.717, 1.165) is 5.69 Å². The smallest absolute Gasteiger partial charge is 0.262 e. The molecule has 0 amide bonds. The van der Waals surface area contributed by atoms with Gasteiger partial charge in [0.15, 0.2) is 5.16 Å². The number of fused-ring (bicyclic) bond motifs is 1. The van der Waals surface area contributed by atoms with Crippen LogP contribution in [0.25, 0.3) is 10.9 Å². The molecule has 8 nitrogen and oxygen atoms in total. The number of para-hydroxylation sites is 2. The Balaban J connectivity index is 1.68. The molecule has 1 atom stereocenters. The lowest BCUT2D eigenvalue weighted by Crippen LogP contribution is -2.25. The average molecular weight is 434 g/mol. The minimum atomic E-state index is -0.209. The van der Waals surface area contributed by atoms with Crippen molar-refractivity contribution in [3.63, 3.8) is 0 Å². The Bertz CT molecular complexity index is 1270. The van der Waals surface area contributed by atoms with Gasteiger partial charge in [-0.3, -0.25) is 9.36 Å². The zero-order valence-electron chi connectivity index (χ0n) is 17.5. The zero-order valence-corrected chi connectivity index (χ0v) is 18.3. The van der Waals surface area contributed by atoms with Crippen molar-refractivity contribution < 1.29 is 0 Å². The van der Waals surface area contributed by atoms with Crippen LogP contribution in [0, 0.1) is 0 Å². The molecule has 0 fully saturated rings. The number of aromatic nitrogens is 5. The first-order valence-electron chi connectivity index (χ1n) is 9.94. The third-order valence-corrected chi connectivity index (χ3v) is 5.70. The second kappa shape index (κ2) is 8.73. The number of nitrogen functional groups attached to an aromatic ring is 1. The van der Waals surface area contributed by atoms with Gasteiger partial charge in [0.05, 0.1) is 16.2 Å². The van der Waals surface area contributed by atoms with Gasteiger partial charge in [-0.05, 0) is 45.0 Å². The molecule has 4 rings (SSSR count). The first kappa shape index (κ1) is 20.8. The first-order chi connectivity index (χ1) is 14.9. The highest BCUT2D eigenvalue weighted by Crippen LogP contribution is 2.33. The Morgan fingerprint density at radius 3 is 2.39 bits per heavy atom. The molecule has 0 aliphatic heterocycles. The third-order valence-electron chi connectivity index (χ3n) is 4.64. The summed E-state index contributed by atoms with van der Waals surface area (Å²) in [5, 5.41) is 4.15. The molecule has 4 aromatic rings. The Labute approximate surface area is 184 Å². The summed E-state index contributed by atoms with van der Waals surface area (Å²) in [6.45, 7) is 5.89. The molecule has 0 bridgehead atoms. The third kappa shape index (κ3) is 4.51. The van der Waals surface area contributed by atoms with Gasteiger partial charge in [-0.25, -0.2) is 4.98 Å². The van der Waals surface area contributed by atoms with Crippen LogP contribution >= 0.6 is 11.8 Å². The lowest BCUT2D eigenvalue weighted by molar-refractivity contribution is 0.518. The maximum Gasteiger partial charge on any atom is 0.262 e. The molecule has 158 valence electrons. The molecule has 9 heteroatoms. The predicted molar refractivity (Wildman–Crippen MR) is 125 cm³/mol. The Hall–Kier alpha value is -3.46. The maximum absolute atomic E-state index is 13.1. The highest BCUT2D eigenvalue weighted by molar-refractivity contribution is 7.99. The number of nitrogens with two attached hydrogens (primary N) is 1. The van der Waals surface area contributed by atoms with Crippen LogP contribution in [0.1, 0.15) is 37.9 Å². The topological polar surface area (TPSA) is 112 Å². The lowest BCUT2D eigenvalue weighted by Gasteiger charge is -2.18. The van der Waals surface area contributed by atoms with E-state index in [9.17, 15) is 4.79 Å². The summed E-state index contributed by atoms with van der Waals surface area (Å²) in [5.41, 5.74) is 7.40. The fourth-order valence-corrected chi connectivity index (χ4v) is 4.26. The number of nitrogens with zero attached hydrogens (tertiary/aromatic N) is 5. The van der Waals surface area contributed by atoms with Gasteiger partial charge in [0.1, 0.15) is 5.82 Å². The molecule has 0 saturated heterocycles. The minimum absolute atomic E-state index is 0.0435. The molecule has 0 saturated carbocycles. The summed E-state index contributed by atoms with van der Waals surface area (Å²) < 4.78 is 1.71. The summed E-state index contributed by atoms with van der Waals surface area (Å²) in [4.78, 5) is 30.8. The van der Waals surface area contributed by atoms with Gasteiger partial charge in [0, 0.05) is 11.7 Å². The van der Waals surface area contributed by atoms with Gasteiger partial charge >= 0.3 is 0 Å². The molecule has 2 aromatic heterocycles. The molecule has 0 aliphatic carbocycles. The Morgan fingerprint density at radius 2 is 1.65 bits per heavy atom. The van der Waals surface area contributed by atoms with Gasteiger partial charge in [0.25, 0.3) is 5.56 Å². The molecule has 31 heavy (non-hydrogen) atoms. The van der Waals surface area contributed by atoms with Crippen molar-refractivity contribution in [2.45, 2.75) is 37.2 Å². The molecule has 2 heterocycles. The van der Waals surface area contributed by atoms with E-state index in [2.05, 4.69) is 20.3 Å². The zero-order chi connectivity index (χ0) is 22.0. The highest BCUT2D eigenvalue weighted by atomic mass is 32.2. The summed E-state index contributed by atoms with van der Waals surface area (Å²) in [6, 6.07) is 16.9. The largest absolute Gasteiger partial charge is 0.368 e. The van der Waals surface area contributed by atoms with Crippen molar-refractivity contribution in [3.8, 4) is 0 Å². The second-order valence-corrected chi connectivity index (χ2v) is 8.61. The number of hydrogen-bond acceptors (Lipinski definition) is 8. The van der Waals surface area contributed by atoms with E-state index < -0.39 is 0 Å². The van der Waals surface area contributed by atoms with Crippen molar-refractivity contribution in [1.29, 1.82) is 0 Å². The quantitative estimate of drug-likeness (QED) is 0.341. The number of anilines is 3. The van der Waals surface area contributed by atoms with Crippen molar-refractivity contribution in [2.24, 2.45) is 0 Å². The summed E-state index contributed by atoms with van der Waals surface area (Å²) in [7, 11) is 0. The normalized spacial score (nSPS) is 12.3. The van der Waals surface area contributed by atoms with Gasteiger partial charge < -0.3 is 11.1 Å². The summed E-state index contributed by atoms with van der Waals surface area (Å²) >= 11 is 1.42. The van der Waals surface area contributed by atoms with Gasteiger partial charge in [-0.1, -0.05) is 42.1 Å². The van der Waals surface area contributed by atoms with Gasteiger partial charge in [0.2, 0.25) is 11.9 Å². The van der Waals surface area contributed by atoms with Crippen LogP contribution in [0.5, 0.6) is 0 Å². The molecular weight excluding hydrogens is 410 g/mol. The van der Waals surface area contributed by atoms with Crippen molar-refractivity contribution >= 4 is 40.2 Å². The molecule has 0 unspecified atom stereocenters. The van der Waals surface area contributed by atoms with E-state index in [-0.39, 0.29) is 22.8 Å². The van der Waals surface area contributed by atoms with E-state index in [1.165, 1.54) is 11.8 Å². The molecule has 2 aromatic carbocycles. The van der Waals surface area contributed by atoms with Crippen LogP contribution in [0.15, 0.2) is 64.5 Å². The van der Waals surface area contributed by atoms with Crippen LogP contribution in [0.4, 0.5) is 17.6 Å². The van der Waals surface area contributed by atoms with E-state index in [0.29, 0.717) is 27.8 Å². The SMILES string of the molecule is CC(C)n1c(S[C@@H](C)c2nc(N)nc(Nc3ccccc3)n2)nc2ccccc2c1=O. The van der Waals surface area contributed by atoms with Crippen molar-refractivity contribution in [2.75, 3.05) is 11.1 Å². The fraction of sp³-hybridized carbons (Fsp3) is 0.227. The molecule has 0 aliphatic rings. The Kier molecular flexibility index (Phi) is 5.85. The standard InChI is InChI=1S/C22H23N7OS/c1-13(2)29-19(30)16-11-7-8-12-17(16)25-22(29)31-14(3)18-26-20(23)28-21(27-18)24-15-9-5-4-6-10-15/h4-14H,1-3H3,(H3,23,24,26,27,28)/t14-/m0/s1. The highest BCUT2D eigenvalue weighted by Gasteiger charge is 2.20. The molecular formula is C22H23N7OS. The van der Waals surface area contributed by atoms with Crippen LogP contribution in [0.3, 0.4) is 0 Å². The maximum atomic E-state index is 13.1. The van der Waals surface area contributed by atoms with Crippen LogP contribution in [0.2, 0.25) is 0 Å². The van der Waals surface area contributed by atoms with Crippen LogP contribution < -0.4 is 16.6 Å². The molecule has 0 radical (unpaired) electrons. The molecule has 0 spiro atoms. The van der Waals surface area contributed by atoms with Crippen molar-refractivity contribution in [1.82, 2.24) is 24.5 Å². The molecule has 3 N–H and O–H groups in total. The minimum Gasteiger partial charge on any atom is -0.368 e.